The van der Waals surface area contributed by atoms with Gasteiger partial charge in [0.1, 0.15) is 5.56 Å². The number of rotatable bonds is 4. The van der Waals surface area contributed by atoms with Crippen molar-refractivity contribution in [3.05, 3.63) is 76.3 Å². The Labute approximate surface area is 175 Å². The second kappa shape index (κ2) is 9.07. The second-order valence-corrected chi connectivity index (χ2v) is 7.00. The number of hydrogen-bond donors (Lipinski definition) is 2. The number of amides is 1. The number of nitrogens with zero attached hydrogens (tertiary/aromatic N) is 3. The molecule has 0 radical (unpaired) electrons. The van der Waals surface area contributed by atoms with E-state index in [9.17, 15) is 9.59 Å². The third kappa shape index (κ3) is 4.41. The number of carbonyl (C=O) groups is 1. The van der Waals surface area contributed by atoms with Crippen molar-refractivity contribution in [2.24, 2.45) is 0 Å². The van der Waals surface area contributed by atoms with Gasteiger partial charge in [-0.05, 0) is 56.6 Å². The van der Waals surface area contributed by atoms with Crippen molar-refractivity contribution in [3.8, 4) is 5.69 Å². The van der Waals surface area contributed by atoms with Crippen molar-refractivity contribution in [1.29, 1.82) is 0 Å². The van der Waals surface area contributed by atoms with E-state index in [1.165, 1.54) is 0 Å². The fourth-order valence-corrected chi connectivity index (χ4v) is 3.58. The fourth-order valence-electron chi connectivity index (χ4n) is 3.58. The Morgan fingerprint density at radius 2 is 1.83 bits per heavy atom. The van der Waals surface area contributed by atoms with E-state index in [1.54, 1.807) is 34.6 Å². The lowest BCUT2D eigenvalue weighted by atomic mass is 10.0. The third-order valence-corrected chi connectivity index (χ3v) is 5.11. The molecule has 152 valence electrons. The van der Waals surface area contributed by atoms with Gasteiger partial charge in [-0.25, -0.2) is 4.68 Å². The summed E-state index contributed by atoms with van der Waals surface area (Å²) in [6.45, 7) is 3.54. The standard InChI is InChI=1S/C21H23N5O2.ClH/c1-15-9-13-25(16-7-11-22-12-8-16)21(28)19(15)20(27)23-18-10-14-26(24-18)17-5-3-2-4-6-17;/h2-6,9-10,13-14,16,22H,7-8,11-12H2,1H3,(H,23,24,27);1H. The van der Waals surface area contributed by atoms with Crippen LogP contribution in [0.4, 0.5) is 5.82 Å². The summed E-state index contributed by atoms with van der Waals surface area (Å²) in [6, 6.07) is 13.3. The maximum Gasteiger partial charge on any atom is 0.263 e. The van der Waals surface area contributed by atoms with Gasteiger partial charge < -0.3 is 15.2 Å². The zero-order valence-corrected chi connectivity index (χ0v) is 17.0. The van der Waals surface area contributed by atoms with Crippen LogP contribution in [0, 0.1) is 6.92 Å². The Balaban J connectivity index is 0.00000240. The van der Waals surface area contributed by atoms with Crippen LogP contribution in [0.5, 0.6) is 0 Å². The van der Waals surface area contributed by atoms with E-state index >= 15 is 0 Å². The van der Waals surface area contributed by atoms with Crippen molar-refractivity contribution in [2.75, 3.05) is 18.4 Å². The summed E-state index contributed by atoms with van der Waals surface area (Å²) in [5.41, 5.74) is 1.49. The number of anilines is 1. The molecule has 1 aliphatic rings. The van der Waals surface area contributed by atoms with Crippen LogP contribution in [0.1, 0.15) is 34.8 Å². The van der Waals surface area contributed by atoms with Gasteiger partial charge in [-0.2, -0.15) is 5.10 Å². The average molecular weight is 414 g/mol. The van der Waals surface area contributed by atoms with Crippen molar-refractivity contribution in [3.63, 3.8) is 0 Å². The Bertz CT molecular complexity index is 1040. The number of halogens is 1. The first-order chi connectivity index (χ1) is 13.6. The summed E-state index contributed by atoms with van der Waals surface area (Å²) in [5, 5.41) is 10.4. The first-order valence-corrected chi connectivity index (χ1v) is 9.48. The predicted molar refractivity (Wildman–Crippen MR) is 115 cm³/mol. The molecule has 2 N–H and O–H groups in total. The van der Waals surface area contributed by atoms with Gasteiger partial charge in [0.25, 0.3) is 11.5 Å². The molecule has 3 aromatic rings. The van der Waals surface area contributed by atoms with Gasteiger partial charge in [-0.15, -0.1) is 12.4 Å². The number of piperidine rings is 1. The maximum atomic E-state index is 13.0. The average Bonchev–Trinajstić information content (AvgIpc) is 3.18. The number of para-hydroxylation sites is 1. The summed E-state index contributed by atoms with van der Waals surface area (Å²) < 4.78 is 3.38. The first-order valence-electron chi connectivity index (χ1n) is 9.48. The molecular weight excluding hydrogens is 390 g/mol. The van der Waals surface area contributed by atoms with E-state index < -0.39 is 5.91 Å². The quantitative estimate of drug-likeness (QED) is 0.689. The van der Waals surface area contributed by atoms with Crippen molar-refractivity contribution < 1.29 is 4.79 Å². The minimum Gasteiger partial charge on any atom is -0.317 e. The van der Waals surface area contributed by atoms with Crippen LogP contribution < -0.4 is 16.2 Å². The predicted octanol–water partition coefficient (Wildman–Crippen LogP) is 2.94. The van der Waals surface area contributed by atoms with E-state index in [-0.39, 0.29) is 29.6 Å². The Morgan fingerprint density at radius 1 is 1.10 bits per heavy atom. The lowest BCUT2D eigenvalue weighted by Gasteiger charge is -2.25. The molecule has 4 rings (SSSR count). The zero-order chi connectivity index (χ0) is 19.5. The topological polar surface area (TPSA) is 81.0 Å². The largest absolute Gasteiger partial charge is 0.317 e. The number of benzene rings is 1. The zero-order valence-electron chi connectivity index (χ0n) is 16.2. The summed E-state index contributed by atoms with van der Waals surface area (Å²) in [6.07, 6.45) is 5.34. The van der Waals surface area contributed by atoms with Gasteiger partial charge in [0.2, 0.25) is 0 Å². The van der Waals surface area contributed by atoms with Crippen LogP contribution in [-0.4, -0.2) is 33.3 Å². The van der Waals surface area contributed by atoms with Crippen LogP contribution in [0.3, 0.4) is 0 Å². The van der Waals surface area contributed by atoms with Gasteiger partial charge in [0.15, 0.2) is 5.82 Å². The molecule has 0 saturated carbocycles. The molecular formula is C21H24ClN5O2. The number of aromatic nitrogens is 3. The van der Waals surface area contributed by atoms with E-state index in [0.717, 1.165) is 31.6 Å². The molecule has 1 aliphatic heterocycles. The summed E-state index contributed by atoms with van der Waals surface area (Å²) >= 11 is 0. The molecule has 1 fully saturated rings. The van der Waals surface area contributed by atoms with Crippen LogP contribution >= 0.6 is 12.4 Å². The number of hydrogen-bond acceptors (Lipinski definition) is 4. The van der Waals surface area contributed by atoms with Gasteiger partial charge >= 0.3 is 0 Å². The molecule has 8 heteroatoms. The maximum absolute atomic E-state index is 13.0. The summed E-state index contributed by atoms with van der Waals surface area (Å²) in [5.74, 6) is -0.0194. The molecule has 2 aromatic heterocycles. The molecule has 1 aromatic carbocycles. The SMILES string of the molecule is Cc1ccn(C2CCNCC2)c(=O)c1C(=O)Nc1ccn(-c2ccccc2)n1.Cl. The number of carbonyl (C=O) groups excluding carboxylic acids is 1. The molecule has 0 bridgehead atoms. The van der Waals surface area contributed by atoms with Crippen LogP contribution in [-0.2, 0) is 0 Å². The molecule has 0 atom stereocenters. The Kier molecular flexibility index (Phi) is 6.51. The first kappa shape index (κ1) is 20.8. The summed E-state index contributed by atoms with van der Waals surface area (Å²) in [4.78, 5) is 25.9. The number of pyridine rings is 1. The molecule has 0 unspecified atom stereocenters. The van der Waals surface area contributed by atoms with Crippen LogP contribution in [0.25, 0.3) is 5.69 Å². The summed E-state index contributed by atoms with van der Waals surface area (Å²) in [7, 11) is 0. The minimum atomic E-state index is -0.427. The molecule has 1 amide bonds. The molecule has 0 spiro atoms. The smallest absolute Gasteiger partial charge is 0.263 e. The van der Waals surface area contributed by atoms with Crippen molar-refractivity contribution >= 4 is 24.1 Å². The molecule has 7 nitrogen and oxygen atoms in total. The fraction of sp³-hybridized carbons (Fsp3) is 0.286. The second-order valence-electron chi connectivity index (χ2n) is 7.00. The highest BCUT2D eigenvalue weighted by Crippen LogP contribution is 2.18. The third-order valence-electron chi connectivity index (χ3n) is 5.11. The van der Waals surface area contributed by atoms with Crippen molar-refractivity contribution in [1.82, 2.24) is 19.7 Å². The Hall–Kier alpha value is -2.90. The number of nitrogens with one attached hydrogen (secondary N) is 2. The Morgan fingerprint density at radius 3 is 2.55 bits per heavy atom. The van der Waals surface area contributed by atoms with Gasteiger partial charge in [-0.3, -0.25) is 9.59 Å². The molecule has 0 aliphatic carbocycles. The van der Waals surface area contributed by atoms with Gasteiger partial charge in [0, 0.05) is 24.5 Å². The van der Waals surface area contributed by atoms with E-state index in [1.807, 2.05) is 36.4 Å². The highest BCUT2D eigenvalue weighted by atomic mass is 35.5. The monoisotopic (exact) mass is 413 g/mol. The highest BCUT2D eigenvalue weighted by Gasteiger charge is 2.21. The normalized spacial score (nSPS) is 14.2. The lowest BCUT2D eigenvalue weighted by Crippen LogP contribution is -2.37. The van der Waals surface area contributed by atoms with E-state index in [0.29, 0.717) is 11.4 Å². The number of aryl methyl sites for hydroxylation is 1. The van der Waals surface area contributed by atoms with Crippen LogP contribution in [0.15, 0.2) is 59.7 Å². The van der Waals surface area contributed by atoms with Crippen LogP contribution in [0.2, 0.25) is 0 Å². The molecule has 29 heavy (non-hydrogen) atoms. The van der Waals surface area contributed by atoms with E-state index in [2.05, 4.69) is 15.7 Å². The van der Waals surface area contributed by atoms with Gasteiger partial charge in [-0.1, -0.05) is 18.2 Å². The van der Waals surface area contributed by atoms with E-state index in [4.69, 9.17) is 0 Å². The minimum absolute atomic E-state index is 0. The molecule has 1 saturated heterocycles. The molecule has 3 heterocycles. The lowest BCUT2D eigenvalue weighted by molar-refractivity contribution is 0.102. The van der Waals surface area contributed by atoms with Gasteiger partial charge in [0.05, 0.1) is 5.69 Å². The van der Waals surface area contributed by atoms with Crippen molar-refractivity contribution in [2.45, 2.75) is 25.8 Å². The highest BCUT2D eigenvalue weighted by molar-refractivity contribution is 6.04.